The van der Waals surface area contributed by atoms with Gasteiger partial charge in [-0.25, -0.2) is 4.98 Å². The van der Waals surface area contributed by atoms with Crippen molar-refractivity contribution in [2.24, 2.45) is 0 Å². The van der Waals surface area contributed by atoms with Gasteiger partial charge in [-0.2, -0.15) is 0 Å². The molecule has 18 heavy (non-hydrogen) atoms. The van der Waals surface area contributed by atoms with Crippen LogP contribution in [0.4, 0.5) is 0 Å². The normalized spacial score (nSPS) is 22.1. The summed E-state index contributed by atoms with van der Waals surface area (Å²) in [6, 6.07) is 10.7. The minimum absolute atomic E-state index is 0.517. The van der Waals surface area contributed by atoms with E-state index < -0.39 is 0 Å². The molecule has 0 aliphatic heterocycles. The van der Waals surface area contributed by atoms with E-state index in [1.165, 1.54) is 12.0 Å². The summed E-state index contributed by atoms with van der Waals surface area (Å²) in [5.41, 5.74) is 2.48. The molecule has 1 aromatic carbocycles. The van der Waals surface area contributed by atoms with Gasteiger partial charge < -0.3 is 9.73 Å². The van der Waals surface area contributed by atoms with E-state index >= 15 is 0 Å². The lowest BCUT2D eigenvalue weighted by Crippen LogP contribution is -2.13. The van der Waals surface area contributed by atoms with Gasteiger partial charge in [-0.15, -0.1) is 0 Å². The zero-order chi connectivity index (χ0) is 12.4. The largest absolute Gasteiger partial charge is 0.448 e. The summed E-state index contributed by atoms with van der Waals surface area (Å²) in [4.78, 5) is 4.31. The quantitative estimate of drug-likeness (QED) is 0.875. The molecule has 1 aliphatic rings. The number of benzene rings is 1. The van der Waals surface area contributed by atoms with Crippen molar-refractivity contribution in [3.63, 3.8) is 0 Å². The van der Waals surface area contributed by atoms with E-state index in [9.17, 15) is 0 Å². The fourth-order valence-electron chi connectivity index (χ4n) is 2.51. The molecule has 1 aliphatic carbocycles. The van der Waals surface area contributed by atoms with Gasteiger partial charge in [-0.05, 0) is 24.4 Å². The van der Waals surface area contributed by atoms with Gasteiger partial charge in [-0.3, -0.25) is 0 Å². The fourth-order valence-corrected chi connectivity index (χ4v) is 2.51. The van der Waals surface area contributed by atoms with Crippen LogP contribution in [0.1, 0.15) is 42.2 Å². The van der Waals surface area contributed by atoms with Gasteiger partial charge in [0, 0.05) is 12.5 Å². The fraction of sp³-hybridized carbons (Fsp3) is 0.400. The zero-order valence-corrected chi connectivity index (χ0v) is 10.6. The topological polar surface area (TPSA) is 38.1 Å². The van der Waals surface area contributed by atoms with Crippen molar-refractivity contribution in [3.05, 3.63) is 53.7 Å². The number of oxazole rings is 1. The maximum Gasteiger partial charge on any atom is 0.181 e. The standard InChI is InChI=1S/C15H18N2O/c1-2-16-9-14-15(18-10-17-14)13-8-12(13)11-6-4-3-5-7-11/h3-7,10,12-13,16H,2,8-9H2,1H3. The Morgan fingerprint density at radius 2 is 2.11 bits per heavy atom. The van der Waals surface area contributed by atoms with Crippen molar-refractivity contribution in [3.8, 4) is 0 Å². The molecule has 0 spiro atoms. The average molecular weight is 242 g/mol. The lowest BCUT2D eigenvalue weighted by molar-refractivity contribution is 0.498. The second-order valence-corrected chi connectivity index (χ2v) is 4.80. The summed E-state index contributed by atoms with van der Waals surface area (Å²) >= 11 is 0. The molecular weight excluding hydrogens is 224 g/mol. The number of aromatic nitrogens is 1. The molecule has 3 nitrogen and oxygen atoms in total. The highest BCUT2D eigenvalue weighted by Crippen LogP contribution is 2.55. The Kier molecular flexibility index (Phi) is 3.15. The maximum absolute atomic E-state index is 5.59. The molecule has 3 heteroatoms. The van der Waals surface area contributed by atoms with Crippen molar-refractivity contribution in [2.45, 2.75) is 31.7 Å². The van der Waals surface area contributed by atoms with E-state index in [0.717, 1.165) is 24.5 Å². The Balaban J connectivity index is 1.73. The molecule has 1 heterocycles. The summed E-state index contributed by atoms with van der Waals surface area (Å²) in [5.74, 6) is 2.20. The van der Waals surface area contributed by atoms with Crippen LogP contribution in [0.5, 0.6) is 0 Å². The summed E-state index contributed by atoms with van der Waals surface area (Å²) in [6.45, 7) is 3.86. The van der Waals surface area contributed by atoms with Crippen LogP contribution < -0.4 is 5.32 Å². The average Bonchev–Trinajstić information content (AvgIpc) is 3.08. The Labute approximate surface area is 107 Å². The van der Waals surface area contributed by atoms with Crippen LogP contribution in [-0.2, 0) is 6.54 Å². The van der Waals surface area contributed by atoms with Crippen molar-refractivity contribution in [1.29, 1.82) is 0 Å². The van der Waals surface area contributed by atoms with E-state index in [2.05, 4.69) is 47.6 Å². The van der Waals surface area contributed by atoms with Crippen LogP contribution in [0.2, 0.25) is 0 Å². The highest BCUT2D eigenvalue weighted by Gasteiger charge is 2.43. The molecule has 1 saturated carbocycles. The van der Waals surface area contributed by atoms with Crippen LogP contribution in [0, 0.1) is 0 Å². The Bertz CT molecular complexity index is 506. The molecule has 2 atom stereocenters. The second kappa shape index (κ2) is 4.94. The molecule has 1 fully saturated rings. The number of rotatable bonds is 5. The van der Waals surface area contributed by atoms with Crippen molar-refractivity contribution in [2.75, 3.05) is 6.54 Å². The SMILES string of the molecule is CCNCc1ncoc1C1CC1c1ccccc1. The van der Waals surface area contributed by atoms with Crippen LogP contribution in [0.15, 0.2) is 41.1 Å². The van der Waals surface area contributed by atoms with Gasteiger partial charge in [0.15, 0.2) is 6.39 Å². The number of nitrogens with zero attached hydrogens (tertiary/aromatic N) is 1. The third-order valence-electron chi connectivity index (χ3n) is 3.57. The first-order chi connectivity index (χ1) is 8.90. The number of hydrogen-bond donors (Lipinski definition) is 1. The number of nitrogens with one attached hydrogen (secondary N) is 1. The van der Waals surface area contributed by atoms with Crippen molar-refractivity contribution < 1.29 is 4.42 Å². The smallest absolute Gasteiger partial charge is 0.181 e. The highest BCUT2D eigenvalue weighted by atomic mass is 16.3. The molecule has 2 unspecified atom stereocenters. The van der Waals surface area contributed by atoms with Crippen LogP contribution in [0.25, 0.3) is 0 Å². The monoisotopic (exact) mass is 242 g/mol. The van der Waals surface area contributed by atoms with E-state index in [0.29, 0.717) is 11.8 Å². The zero-order valence-electron chi connectivity index (χ0n) is 10.6. The van der Waals surface area contributed by atoms with E-state index in [4.69, 9.17) is 4.42 Å². The van der Waals surface area contributed by atoms with Gasteiger partial charge in [0.25, 0.3) is 0 Å². The molecular formula is C15H18N2O. The van der Waals surface area contributed by atoms with Crippen molar-refractivity contribution >= 4 is 0 Å². The highest BCUT2D eigenvalue weighted by molar-refractivity contribution is 5.33. The molecule has 0 amide bonds. The van der Waals surface area contributed by atoms with Crippen LogP contribution in [-0.4, -0.2) is 11.5 Å². The van der Waals surface area contributed by atoms with E-state index in [1.54, 1.807) is 6.39 Å². The first-order valence-electron chi connectivity index (χ1n) is 6.58. The molecule has 3 rings (SSSR count). The second-order valence-electron chi connectivity index (χ2n) is 4.80. The number of hydrogen-bond acceptors (Lipinski definition) is 3. The minimum atomic E-state index is 0.517. The summed E-state index contributed by atoms with van der Waals surface area (Å²) in [7, 11) is 0. The summed E-state index contributed by atoms with van der Waals surface area (Å²) in [6.07, 6.45) is 2.75. The molecule has 1 N–H and O–H groups in total. The first-order valence-corrected chi connectivity index (χ1v) is 6.58. The van der Waals surface area contributed by atoms with Gasteiger partial charge >= 0.3 is 0 Å². The lowest BCUT2D eigenvalue weighted by Gasteiger charge is -2.02. The predicted octanol–water partition coefficient (Wildman–Crippen LogP) is 3.06. The lowest BCUT2D eigenvalue weighted by atomic mass is 10.1. The molecule has 0 radical (unpaired) electrons. The van der Waals surface area contributed by atoms with Gasteiger partial charge in [0.05, 0.1) is 5.69 Å². The molecule has 0 bridgehead atoms. The predicted molar refractivity (Wildman–Crippen MR) is 70.4 cm³/mol. The Morgan fingerprint density at radius 1 is 1.28 bits per heavy atom. The van der Waals surface area contributed by atoms with E-state index in [1.807, 2.05) is 0 Å². The Morgan fingerprint density at radius 3 is 2.89 bits per heavy atom. The molecule has 0 saturated heterocycles. The third-order valence-corrected chi connectivity index (χ3v) is 3.57. The minimum Gasteiger partial charge on any atom is -0.448 e. The van der Waals surface area contributed by atoms with Gasteiger partial charge in [0.1, 0.15) is 5.76 Å². The third kappa shape index (κ3) is 2.18. The van der Waals surface area contributed by atoms with Crippen molar-refractivity contribution in [1.82, 2.24) is 10.3 Å². The van der Waals surface area contributed by atoms with Crippen LogP contribution in [0.3, 0.4) is 0 Å². The summed E-state index contributed by atoms with van der Waals surface area (Å²) in [5, 5.41) is 3.31. The molecule has 2 aromatic rings. The first kappa shape index (κ1) is 11.5. The summed E-state index contributed by atoms with van der Waals surface area (Å²) < 4.78 is 5.59. The van der Waals surface area contributed by atoms with Gasteiger partial charge in [0.2, 0.25) is 0 Å². The van der Waals surface area contributed by atoms with Crippen LogP contribution >= 0.6 is 0 Å². The molecule has 1 aromatic heterocycles. The Hall–Kier alpha value is -1.61. The maximum atomic E-state index is 5.59. The van der Waals surface area contributed by atoms with E-state index in [-0.39, 0.29) is 0 Å². The van der Waals surface area contributed by atoms with Gasteiger partial charge in [-0.1, -0.05) is 37.3 Å². The molecule has 94 valence electrons.